The fraction of sp³-hybridized carbons (Fsp3) is 0.214. The molecule has 8 bridgehead atoms. The molecule has 2 saturated heterocycles. The molecule has 7 heteroatoms. The van der Waals surface area contributed by atoms with E-state index in [4.69, 9.17) is 29.4 Å². The number of aryl methyl sites for hydroxylation is 4. The topological polar surface area (TPSA) is 74.9 Å². The summed E-state index contributed by atoms with van der Waals surface area (Å²) >= 11 is 0. The van der Waals surface area contributed by atoms with Gasteiger partial charge in [-0.3, -0.25) is 0 Å². The quantitative estimate of drug-likeness (QED) is 0.130. The van der Waals surface area contributed by atoms with Crippen LogP contribution in [0, 0.1) is 51.4 Å². The fourth-order valence-electron chi connectivity index (χ4n) is 8.17. The zero-order valence-electron chi connectivity index (χ0n) is 36.5. The van der Waals surface area contributed by atoms with Crippen molar-refractivity contribution in [3.63, 3.8) is 0 Å². The molecule has 0 amide bonds. The van der Waals surface area contributed by atoms with Crippen molar-refractivity contribution in [2.45, 2.75) is 53.4 Å². The number of aromatic nitrogens is 4. The second kappa shape index (κ2) is 20.0. The predicted octanol–water partition coefficient (Wildman–Crippen LogP) is 10.7. The standard InChI is InChI=1S/C48H36N4.2C4H8O.Fe/c1-29-5-13-33(14-6-29)45-37-21-23-39(49-37)46(34-15-7-30(2)8-16-34)41-25-27-43(51-41)48(36-19-11-32(4)12-20-36)44-28-26-42(52-44)47(40-24-22-38(45)50-40)35-17-9-31(3)10-18-35;2*1-2-4-5-3-1;/h5-28H,1-4H3;2*1-4H2;. The summed E-state index contributed by atoms with van der Waals surface area (Å²) < 4.78 is 9.89. The van der Waals surface area contributed by atoms with Gasteiger partial charge in [-0.15, -0.1) is 0 Å². The zero-order valence-corrected chi connectivity index (χ0v) is 37.6. The van der Waals surface area contributed by atoms with Gasteiger partial charge in [0.15, 0.2) is 0 Å². The average molecular weight is 869 g/mol. The SMILES string of the molecule is C1CCOC1.C1CCOC1.Cc1ccc([C+]2c3ccc([n-]3)[C+](c3ccc(C)cc3)c3ccc([n-]3)[C+](c3ccc(C)cc3)c3ccc([n-]3)[C+](c3ccc(C)cc3)c3ccc2[n-]3)cc1.[Fe]. The molecule has 0 atom stereocenters. The van der Waals surface area contributed by atoms with E-state index in [9.17, 15) is 0 Å². The monoisotopic (exact) mass is 868 g/mol. The van der Waals surface area contributed by atoms with E-state index in [0.717, 1.165) is 118 Å². The Kier molecular flexibility index (Phi) is 13.8. The van der Waals surface area contributed by atoms with Crippen LogP contribution < -0.4 is 19.9 Å². The van der Waals surface area contributed by atoms with Gasteiger partial charge >= 0.3 is 0 Å². The Labute approximate surface area is 383 Å². The largest absolute Gasteiger partial charge is 0.628 e. The maximum Gasteiger partial charge on any atom is 0.0768 e. The molecule has 11 rings (SSSR count). The number of hydrogen-bond donors (Lipinski definition) is 0. The molecule has 6 nitrogen and oxygen atoms in total. The Morgan fingerprint density at radius 1 is 0.286 bits per heavy atom. The van der Waals surface area contributed by atoms with Crippen LogP contribution in [0.4, 0.5) is 0 Å². The molecular formula is C56H52FeN4O2. The zero-order chi connectivity index (χ0) is 42.4. The van der Waals surface area contributed by atoms with Crippen LogP contribution in [0.2, 0.25) is 0 Å². The molecule has 63 heavy (non-hydrogen) atoms. The number of rotatable bonds is 4. The van der Waals surface area contributed by atoms with Gasteiger partial charge in [-0.1, -0.05) is 0 Å². The predicted molar refractivity (Wildman–Crippen MR) is 246 cm³/mol. The summed E-state index contributed by atoms with van der Waals surface area (Å²) in [6, 6.07) is 51.5. The van der Waals surface area contributed by atoms with Gasteiger partial charge in [0.25, 0.3) is 0 Å². The van der Waals surface area contributed by atoms with Crippen LogP contribution >= 0.6 is 0 Å². The smallest absolute Gasteiger partial charge is 0.0768 e. The summed E-state index contributed by atoms with van der Waals surface area (Å²) in [4.78, 5) is 21.5. The molecule has 8 aromatic rings. The van der Waals surface area contributed by atoms with Crippen molar-refractivity contribution in [1.82, 2.24) is 19.9 Å². The van der Waals surface area contributed by atoms with Gasteiger partial charge in [0, 0.05) is 164 Å². The summed E-state index contributed by atoms with van der Waals surface area (Å²) in [7, 11) is 0. The van der Waals surface area contributed by atoms with Crippen LogP contribution in [0.3, 0.4) is 0 Å². The van der Waals surface area contributed by atoms with Gasteiger partial charge in [-0.2, -0.15) is 0 Å². The van der Waals surface area contributed by atoms with Crippen molar-refractivity contribution < 1.29 is 26.5 Å². The minimum Gasteiger partial charge on any atom is -0.628 e. The molecule has 0 unspecified atom stereocenters. The van der Waals surface area contributed by atoms with Crippen LogP contribution in [-0.2, 0) is 26.5 Å². The molecule has 316 valence electrons. The number of ether oxygens (including phenoxy) is 2. The third-order valence-corrected chi connectivity index (χ3v) is 11.6. The Bertz CT molecular complexity index is 2190. The first-order chi connectivity index (χ1) is 30.4. The first-order valence-corrected chi connectivity index (χ1v) is 21.9. The number of benzene rings is 4. The number of fused-ring (bicyclic) bond motifs is 8. The van der Waals surface area contributed by atoms with E-state index >= 15 is 0 Å². The van der Waals surface area contributed by atoms with Crippen molar-refractivity contribution in [1.29, 1.82) is 0 Å². The molecule has 3 aliphatic rings. The molecule has 2 fully saturated rings. The van der Waals surface area contributed by atoms with Crippen LogP contribution in [0.25, 0.3) is 0 Å². The second-order valence-corrected chi connectivity index (χ2v) is 16.5. The molecule has 0 aliphatic carbocycles. The molecule has 4 aromatic heterocycles. The van der Waals surface area contributed by atoms with Crippen molar-refractivity contribution in [2.75, 3.05) is 26.4 Å². The van der Waals surface area contributed by atoms with E-state index in [1.807, 2.05) is 0 Å². The maximum absolute atomic E-state index is 5.37. The number of nitrogens with zero attached hydrogens (tertiary/aromatic N) is 4. The second-order valence-electron chi connectivity index (χ2n) is 16.5. The van der Waals surface area contributed by atoms with Gasteiger partial charge < -0.3 is 29.4 Å². The van der Waals surface area contributed by atoms with E-state index < -0.39 is 0 Å². The van der Waals surface area contributed by atoms with Gasteiger partial charge in [-0.25, -0.2) is 0 Å². The molecule has 0 N–H and O–H groups in total. The molecule has 0 saturated carbocycles. The first kappa shape index (κ1) is 43.6. The Hall–Kier alpha value is -6.08. The van der Waals surface area contributed by atoms with E-state index in [-0.39, 0.29) is 17.1 Å². The minimum atomic E-state index is 0. The molecule has 3 aliphatic heterocycles. The van der Waals surface area contributed by atoms with Gasteiger partial charge in [0.1, 0.15) is 0 Å². The maximum atomic E-state index is 5.37. The van der Waals surface area contributed by atoms with E-state index in [1.165, 1.54) is 47.9 Å². The summed E-state index contributed by atoms with van der Waals surface area (Å²) in [6.07, 6.45) is 5.11. The van der Waals surface area contributed by atoms with Crippen molar-refractivity contribution in [3.05, 3.63) is 259 Å². The molecular weight excluding hydrogens is 816 g/mol. The Balaban J connectivity index is 0.000000438. The summed E-state index contributed by atoms with van der Waals surface area (Å²) in [5.74, 6) is 3.94. The van der Waals surface area contributed by atoms with Gasteiger partial charge in [0.05, 0.1) is 22.3 Å². The molecule has 0 spiro atoms. The normalized spacial score (nSPS) is 14.4. The van der Waals surface area contributed by atoms with Crippen LogP contribution in [0.15, 0.2) is 146 Å². The Morgan fingerprint density at radius 2 is 0.460 bits per heavy atom. The minimum absolute atomic E-state index is 0. The van der Waals surface area contributed by atoms with Gasteiger partial charge in [0.2, 0.25) is 0 Å². The summed E-state index contributed by atoms with van der Waals surface area (Å²) in [5.41, 5.74) is 16.0. The van der Waals surface area contributed by atoms with Crippen LogP contribution in [0.5, 0.6) is 0 Å². The van der Waals surface area contributed by atoms with Crippen molar-refractivity contribution in [2.24, 2.45) is 0 Å². The Morgan fingerprint density at radius 3 is 0.603 bits per heavy atom. The summed E-state index contributed by atoms with van der Waals surface area (Å²) in [5, 5.41) is 0. The van der Waals surface area contributed by atoms with E-state index in [2.05, 4.69) is 173 Å². The van der Waals surface area contributed by atoms with Crippen LogP contribution in [0.1, 0.15) is 116 Å². The van der Waals surface area contributed by atoms with E-state index in [1.54, 1.807) is 0 Å². The number of hydrogen-bond acceptors (Lipinski definition) is 2. The molecule has 0 radical (unpaired) electrons. The molecule has 7 heterocycles. The third-order valence-electron chi connectivity index (χ3n) is 11.6. The van der Waals surface area contributed by atoms with Crippen molar-refractivity contribution >= 4 is 0 Å². The van der Waals surface area contributed by atoms with Crippen molar-refractivity contribution in [3.8, 4) is 0 Å². The van der Waals surface area contributed by atoms with Gasteiger partial charge in [-0.05, 0) is 170 Å². The average Bonchev–Trinajstić information content (AvgIpc) is 4.15. The first-order valence-electron chi connectivity index (χ1n) is 21.9. The van der Waals surface area contributed by atoms with Crippen LogP contribution in [-0.4, -0.2) is 26.4 Å². The summed E-state index contributed by atoms with van der Waals surface area (Å²) in [6.45, 7) is 12.4. The fourth-order valence-corrected chi connectivity index (χ4v) is 8.17. The molecule has 4 aromatic carbocycles. The third kappa shape index (κ3) is 9.94. The van der Waals surface area contributed by atoms with E-state index in [0.29, 0.717) is 0 Å².